The second-order valence-electron chi connectivity index (χ2n) is 5.30. The normalized spacial score (nSPS) is 22.3. The molecule has 2 heterocycles. The van der Waals surface area contributed by atoms with Crippen molar-refractivity contribution in [2.45, 2.75) is 39.3 Å². The average molecular weight is 280 g/mol. The molecule has 2 rings (SSSR count). The van der Waals surface area contributed by atoms with E-state index in [0.717, 1.165) is 5.56 Å². The second-order valence-corrected chi connectivity index (χ2v) is 6.08. The molecule has 2 unspecified atom stereocenters. The minimum Gasteiger partial charge on any atom is -0.344 e. The van der Waals surface area contributed by atoms with Crippen LogP contribution in [-0.4, -0.2) is 29.3 Å². The third-order valence-corrected chi connectivity index (χ3v) is 4.31. The van der Waals surface area contributed by atoms with Gasteiger partial charge in [0.1, 0.15) is 6.04 Å². The molecule has 2 atom stereocenters. The molecule has 1 aromatic heterocycles. The molecule has 1 fully saturated rings. The summed E-state index contributed by atoms with van der Waals surface area (Å²) in [5.41, 5.74) is 1.13. The number of nitrogens with zero attached hydrogens (tertiary/aromatic N) is 1. The number of carbonyl (C=O) groups is 2. The average Bonchev–Trinajstić information content (AvgIpc) is 2.84. The fourth-order valence-electron chi connectivity index (χ4n) is 2.35. The van der Waals surface area contributed by atoms with Gasteiger partial charge in [0.2, 0.25) is 11.8 Å². The lowest BCUT2D eigenvalue weighted by atomic mass is 10.0. The van der Waals surface area contributed by atoms with Gasteiger partial charge < -0.3 is 10.2 Å². The van der Waals surface area contributed by atoms with E-state index < -0.39 is 6.04 Å². The fourth-order valence-corrected chi connectivity index (χ4v) is 3.09. The van der Waals surface area contributed by atoms with Crippen molar-refractivity contribution < 1.29 is 9.59 Å². The maximum Gasteiger partial charge on any atom is 0.245 e. The lowest BCUT2D eigenvalue weighted by molar-refractivity contribution is -0.136. The van der Waals surface area contributed by atoms with Crippen molar-refractivity contribution in [3.8, 4) is 0 Å². The Hall–Kier alpha value is -1.36. The van der Waals surface area contributed by atoms with Gasteiger partial charge >= 0.3 is 0 Å². The Morgan fingerprint density at radius 1 is 1.37 bits per heavy atom. The van der Waals surface area contributed by atoms with Crippen molar-refractivity contribution in [1.29, 1.82) is 0 Å². The summed E-state index contributed by atoms with van der Waals surface area (Å²) in [6, 6.07) is 1.65. The molecule has 0 radical (unpaired) electrons. The summed E-state index contributed by atoms with van der Waals surface area (Å²) in [6.45, 7) is 6.43. The van der Waals surface area contributed by atoms with Crippen LogP contribution in [0.4, 0.5) is 0 Å². The number of nitrogens with one attached hydrogen (secondary N) is 1. The topological polar surface area (TPSA) is 49.4 Å². The van der Waals surface area contributed by atoms with Gasteiger partial charge in [-0.1, -0.05) is 13.8 Å². The van der Waals surface area contributed by atoms with Gasteiger partial charge in [0.25, 0.3) is 0 Å². The van der Waals surface area contributed by atoms with Crippen LogP contribution in [0.15, 0.2) is 16.8 Å². The van der Waals surface area contributed by atoms with E-state index in [1.165, 1.54) is 0 Å². The number of amides is 2. The van der Waals surface area contributed by atoms with Crippen LogP contribution < -0.4 is 5.32 Å². The third kappa shape index (κ3) is 2.97. The minimum atomic E-state index is -0.406. The van der Waals surface area contributed by atoms with Crippen LogP contribution in [0.5, 0.6) is 0 Å². The van der Waals surface area contributed by atoms with Gasteiger partial charge in [0.05, 0.1) is 6.04 Å². The number of rotatable bonds is 3. The maximum atomic E-state index is 12.6. The van der Waals surface area contributed by atoms with Gasteiger partial charge in [-0.15, -0.1) is 0 Å². The highest BCUT2D eigenvalue weighted by Gasteiger charge is 2.34. The standard InChI is InChI=1S/C14H20N2O2S/c1-9(2)13-14(18)16(6-4-12(17)15-13)10(3)11-5-7-19-8-11/h5,7-10,13H,4,6H2,1-3H3,(H,15,17). The van der Waals surface area contributed by atoms with Gasteiger partial charge in [-0.3, -0.25) is 9.59 Å². The molecular formula is C14H20N2O2S. The van der Waals surface area contributed by atoms with Crippen LogP contribution in [-0.2, 0) is 9.59 Å². The summed E-state index contributed by atoms with van der Waals surface area (Å²) < 4.78 is 0. The van der Waals surface area contributed by atoms with Crippen molar-refractivity contribution in [2.24, 2.45) is 5.92 Å². The minimum absolute atomic E-state index is 0.0210. The molecule has 0 bridgehead atoms. The van der Waals surface area contributed by atoms with Crippen molar-refractivity contribution in [1.82, 2.24) is 10.2 Å². The molecular weight excluding hydrogens is 260 g/mol. The van der Waals surface area contributed by atoms with Crippen molar-refractivity contribution in [2.75, 3.05) is 6.54 Å². The molecule has 0 aliphatic carbocycles. The summed E-state index contributed by atoms with van der Waals surface area (Å²) in [5, 5.41) is 6.90. The molecule has 2 amide bonds. The zero-order valence-corrected chi connectivity index (χ0v) is 12.4. The molecule has 1 N–H and O–H groups in total. The molecule has 0 saturated carbocycles. The zero-order valence-electron chi connectivity index (χ0n) is 11.6. The molecule has 4 nitrogen and oxygen atoms in total. The van der Waals surface area contributed by atoms with Crippen LogP contribution in [0.3, 0.4) is 0 Å². The summed E-state index contributed by atoms with van der Waals surface area (Å²) in [5.74, 6) is 0.0957. The van der Waals surface area contributed by atoms with E-state index in [9.17, 15) is 9.59 Å². The molecule has 5 heteroatoms. The lowest BCUT2D eigenvalue weighted by Crippen LogP contribution is -2.48. The van der Waals surface area contributed by atoms with Crippen LogP contribution in [0.1, 0.15) is 38.8 Å². The Labute approximate surface area is 117 Å². The summed E-state index contributed by atoms with van der Waals surface area (Å²) >= 11 is 1.63. The Balaban J connectivity index is 2.23. The van der Waals surface area contributed by atoms with Crippen molar-refractivity contribution in [3.63, 3.8) is 0 Å². The quantitative estimate of drug-likeness (QED) is 0.922. The predicted molar refractivity (Wildman–Crippen MR) is 75.8 cm³/mol. The molecule has 0 spiro atoms. The van der Waals surface area contributed by atoms with Gasteiger partial charge in [0, 0.05) is 13.0 Å². The van der Waals surface area contributed by atoms with Gasteiger partial charge in [0.15, 0.2) is 0 Å². The zero-order chi connectivity index (χ0) is 14.0. The van der Waals surface area contributed by atoms with Gasteiger partial charge in [-0.25, -0.2) is 0 Å². The Morgan fingerprint density at radius 3 is 2.68 bits per heavy atom. The molecule has 1 aromatic rings. The molecule has 19 heavy (non-hydrogen) atoms. The first-order chi connectivity index (χ1) is 9.00. The first kappa shape index (κ1) is 14.1. The first-order valence-corrected chi connectivity index (χ1v) is 7.57. The van der Waals surface area contributed by atoms with Crippen molar-refractivity contribution in [3.05, 3.63) is 22.4 Å². The van der Waals surface area contributed by atoms with E-state index in [0.29, 0.717) is 13.0 Å². The Morgan fingerprint density at radius 2 is 2.11 bits per heavy atom. The predicted octanol–water partition coefficient (Wildman–Crippen LogP) is 2.18. The Kier molecular flexibility index (Phi) is 4.24. The monoisotopic (exact) mass is 280 g/mol. The summed E-state index contributed by atoms with van der Waals surface area (Å²) in [4.78, 5) is 26.1. The SMILES string of the molecule is CC(C)C1NC(=O)CCN(C(C)c2ccsc2)C1=O. The highest BCUT2D eigenvalue weighted by atomic mass is 32.1. The van der Waals surface area contributed by atoms with Crippen LogP contribution in [0, 0.1) is 5.92 Å². The first-order valence-electron chi connectivity index (χ1n) is 6.62. The highest BCUT2D eigenvalue weighted by Crippen LogP contribution is 2.25. The molecule has 1 aliphatic heterocycles. The largest absolute Gasteiger partial charge is 0.344 e. The van der Waals surface area contributed by atoms with Crippen LogP contribution in [0.2, 0.25) is 0 Å². The van der Waals surface area contributed by atoms with Crippen LogP contribution >= 0.6 is 11.3 Å². The van der Waals surface area contributed by atoms with E-state index in [1.54, 1.807) is 11.3 Å². The van der Waals surface area contributed by atoms with E-state index in [2.05, 4.69) is 10.7 Å². The molecule has 1 saturated heterocycles. The van der Waals surface area contributed by atoms with E-state index in [1.807, 2.05) is 37.1 Å². The van der Waals surface area contributed by atoms with Crippen LogP contribution in [0.25, 0.3) is 0 Å². The van der Waals surface area contributed by atoms with E-state index in [-0.39, 0.29) is 23.8 Å². The molecule has 0 aromatic carbocycles. The maximum absolute atomic E-state index is 12.6. The molecule has 1 aliphatic rings. The summed E-state index contributed by atoms with van der Waals surface area (Å²) in [6.07, 6.45) is 0.378. The van der Waals surface area contributed by atoms with Gasteiger partial charge in [-0.05, 0) is 35.2 Å². The van der Waals surface area contributed by atoms with Gasteiger partial charge in [-0.2, -0.15) is 11.3 Å². The number of hydrogen-bond donors (Lipinski definition) is 1. The van der Waals surface area contributed by atoms with E-state index >= 15 is 0 Å². The lowest BCUT2D eigenvalue weighted by Gasteiger charge is -2.30. The number of hydrogen-bond acceptors (Lipinski definition) is 3. The fraction of sp³-hybridized carbons (Fsp3) is 0.571. The number of carbonyl (C=O) groups excluding carboxylic acids is 2. The highest BCUT2D eigenvalue weighted by molar-refractivity contribution is 7.07. The number of thiophene rings is 1. The second kappa shape index (κ2) is 5.74. The van der Waals surface area contributed by atoms with Crippen molar-refractivity contribution >= 4 is 23.2 Å². The van der Waals surface area contributed by atoms with E-state index in [4.69, 9.17) is 0 Å². The Bertz CT molecular complexity index is 456. The third-order valence-electron chi connectivity index (χ3n) is 3.61. The molecule has 104 valence electrons. The smallest absolute Gasteiger partial charge is 0.245 e. The summed E-state index contributed by atoms with van der Waals surface area (Å²) in [7, 11) is 0.